The number of nitrogens with zero attached hydrogens (tertiary/aromatic N) is 1. The van der Waals surface area contributed by atoms with Crippen LogP contribution < -0.4 is 14.8 Å². The van der Waals surface area contributed by atoms with E-state index in [-0.39, 0.29) is 22.2 Å². The Morgan fingerprint density at radius 1 is 1.19 bits per heavy atom. The Balaban J connectivity index is 2.16. The van der Waals surface area contributed by atoms with Crippen LogP contribution in [-0.4, -0.2) is 25.1 Å². The van der Waals surface area contributed by atoms with Crippen LogP contribution in [0.1, 0.15) is 11.1 Å². The quantitative estimate of drug-likeness (QED) is 0.430. The highest BCUT2D eigenvalue weighted by Gasteiger charge is 2.29. The van der Waals surface area contributed by atoms with E-state index in [2.05, 4.69) is 21.2 Å². The molecule has 7 nitrogen and oxygen atoms in total. The lowest BCUT2D eigenvalue weighted by atomic mass is 10.0. The number of methoxy groups -OCH3 is 2. The Morgan fingerprint density at radius 3 is 2.46 bits per heavy atom. The van der Waals surface area contributed by atoms with Gasteiger partial charge in [-0.05, 0) is 29.8 Å². The Hall–Kier alpha value is -2.58. The highest BCUT2D eigenvalue weighted by atomic mass is 79.9. The summed E-state index contributed by atoms with van der Waals surface area (Å²) in [5.41, 5.74) is 1.51. The molecule has 1 heterocycles. The molecule has 0 radical (unpaired) electrons. The maximum absolute atomic E-state index is 12.4. The molecule has 0 saturated heterocycles. The fourth-order valence-corrected chi connectivity index (χ4v) is 3.29. The van der Waals surface area contributed by atoms with Gasteiger partial charge in [0.15, 0.2) is 11.5 Å². The van der Waals surface area contributed by atoms with Crippen molar-refractivity contribution in [2.75, 3.05) is 19.5 Å². The zero-order valence-electron chi connectivity index (χ0n) is 13.6. The van der Waals surface area contributed by atoms with Gasteiger partial charge in [0.2, 0.25) is 0 Å². The minimum Gasteiger partial charge on any atom is -0.493 e. The summed E-state index contributed by atoms with van der Waals surface area (Å²) in [5, 5.41) is 13.8. The topological polar surface area (TPSA) is 90.7 Å². The van der Waals surface area contributed by atoms with Crippen molar-refractivity contribution in [3.05, 3.63) is 55.0 Å². The van der Waals surface area contributed by atoms with Crippen molar-refractivity contribution in [1.29, 1.82) is 0 Å². The lowest BCUT2D eigenvalue weighted by Crippen LogP contribution is -2.03. The molecule has 1 N–H and O–H groups in total. The van der Waals surface area contributed by atoms with Crippen LogP contribution in [-0.2, 0) is 4.79 Å². The molecule has 0 unspecified atom stereocenters. The Kier molecular flexibility index (Phi) is 4.88. The second kappa shape index (κ2) is 6.97. The molecule has 0 fully saturated rings. The van der Waals surface area contributed by atoms with Gasteiger partial charge in [0, 0.05) is 21.7 Å². The number of benzene rings is 2. The van der Waals surface area contributed by atoms with Crippen molar-refractivity contribution >= 4 is 56.5 Å². The van der Waals surface area contributed by atoms with Crippen LogP contribution in [0.4, 0.5) is 11.4 Å². The number of nitrogens with one attached hydrogen (secondary N) is 1. The third-order valence-electron chi connectivity index (χ3n) is 3.87. The lowest BCUT2D eigenvalue weighted by molar-refractivity contribution is -0.384. The van der Waals surface area contributed by atoms with E-state index in [1.165, 1.54) is 26.4 Å². The van der Waals surface area contributed by atoms with Gasteiger partial charge >= 0.3 is 0 Å². The second-order valence-electron chi connectivity index (χ2n) is 5.35. The Labute approximate surface area is 161 Å². The zero-order chi connectivity index (χ0) is 19.0. The first kappa shape index (κ1) is 18.2. The van der Waals surface area contributed by atoms with Gasteiger partial charge in [-0.25, -0.2) is 0 Å². The molecule has 1 aliphatic rings. The number of nitro groups is 1. The first-order valence-corrected chi connectivity index (χ1v) is 8.45. The number of hydrogen-bond acceptors (Lipinski definition) is 5. The summed E-state index contributed by atoms with van der Waals surface area (Å²) in [6, 6.07) is 6.07. The summed E-state index contributed by atoms with van der Waals surface area (Å²) in [5.74, 6) is 0.640. The fraction of sp³-hybridized carbons (Fsp3) is 0.118. The molecule has 1 amide bonds. The van der Waals surface area contributed by atoms with Crippen molar-refractivity contribution in [2.24, 2.45) is 0 Å². The number of anilines is 1. The standard InChI is InChI=1S/C17H12BrClN2O5/c1-25-15-4-8(11(18)6-16(15)26-2)3-10-9-5-14(21(23)24)12(19)7-13(9)20-17(10)22/h3-7H,1-2H3,(H,20,22)/b10-3+. The van der Waals surface area contributed by atoms with E-state index in [1.807, 2.05) is 0 Å². The molecule has 134 valence electrons. The molecule has 2 aromatic carbocycles. The van der Waals surface area contributed by atoms with Gasteiger partial charge in [0.05, 0.1) is 24.8 Å². The SMILES string of the molecule is COc1cc(Br)c(/C=C2/C(=O)Nc3cc(Cl)c([N+](=O)[O-])cc32)cc1OC. The average molecular weight is 440 g/mol. The molecular weight excluding hydrogens is 428 g/mol. The van der Waals surface area contributed by atoms with Gasteiger partial charge in [0.25, 0.3) is 11.6 Å². The fourth-order valence-electron chi connectivity index (χ4n) is 2.62. The molecule has 2 aromatic rings. The maximum atomic E-state index is 12.4. The van der Waals surface area contributed by atoms with Gasteiger partial charge in [-0.1, -0.05) is 27.5 Å². The molecule has 3 rings (SSSR count). The molecular formula is C17H12BrClN2O5. The molecule has 0 saturated carbocycles. The lowest BCUT2D eigenvalue weighted by Gasteiger charge is -2.10. The number of ether oxygens (including phenoxy) is 2. The first-order valence-electron chi connectivity index (χ1n) is 7.28. The molecule has 0 bridgehead atoms. The average Bonchev–Trinajstić information content (AvgIpc) is 2.89. The molecule has 0 aliphatic carbocycles. The number of nitro benzene ring substituents is 1. The number of amides is 1. The summed E-state index contributed by atoms with van der Waals surface area (Å²) < 4.78 is 11.2. The van der Waals surface area contributed by atoms with Crippen molar-refractivity contribution in [3.8, 4) is 11.5 Å². The second-order valence-corrected chi connectivity index (χ2v) is 6.61. The van der Waals surface area contributed by atoms with E-state index in [4.69, 9.17) is 21.1 Å². The Morgan fingerprint density at radius 2 is 1.85 bits per heavy atom. The van der Waals surface area contributed by atoms with E-state index >= 15 is 0 Å². The van der Waals surface area contributed by atoms with E-state index in [1.54, 1.807) is 18.2 Å². The minimum absolute atomic E-state index is 0.0393. The van der Waals surface area contributed by atoms with Crippen LogP contribution >= 0.6 is 27.5 Å². The monoisotopic (exact) mass is 438 g/mol. The predicted octanol–water partition coefficient (Wildman–Crippen LogP) is 4.52. The summed E-state index contributed by atoms with van der Waals surface area (Å²) in [6.07, 6.45) is 1.62. The predicted molar refractivity (Wildman–Crippen MR) is 102 cm³/mol. The summed E-state index contributed by atoms with van der Waals surface area (Å²) in [4.78, 5) is 22.9. The van der Waals surface area contributed by atoms with E-state index in [9.17, 15) is 14.9 Å². The number of hydrogen-bond donors (Lipinski definition) is 1. The highest BCUT2D eigenvalue weighted by Crippen LogP contribution is 2.41. The zero-order valence-corrected chi connectivity index (χ0v) is 16.0. The smallest absolute Gasteiger partial charge is 0.288 e. The summed E-state index contributed by atoms with van der Waals surface area (Å²) in [7, 11) is 3.03. The van der Waals surface area contributed by atoms with Crippen LogP contribution in [0.3, 0.4) is 0 Å². The third kappa shape index (κ3) is 3.13. The van der Waals surface area contributed by atoms with Crippen LogP contribution in [0.2, 0.25) is 5.02 Å². The largest absolute Gasteiger partial charge is 0.493 e. The summed E-state index contributed by atoms with van der Waals surface area (Å²) in [6.45, 7) is 0. The van der Waals surface area contributed by atoms with Gasteiger partial charge in [-0.15, -0.1) is 0 Å². The number of fused-ring (bicyclic) bond motifs is 1. The van der Waals surface area contributed by atoms with Gasteiger partial charge < -0.3 is 14.8 Å². The number of halogens is 2. The van der Waals surface area contributed by atoms with E-state index in [0.717, 1.165) is 0 Å². The van der Waals surface area contributed by atoms with Gasteiger partial charge in [-0.3, -0.25) is 14.9 Å². The highest BCUT2D eigenvalue weighted by molar-refractivity contribution is 9.10. The number of carbonyl (C=O) groups excluding carboxylic acids is 1. The van der Waals surface area contributed by atoms with E-state index in [0.29, 0.717) is 32.8 Å². The van der Waals surface area contributed by atoms with Crippen LogP contribution in [0.25, 0.3) is 11.6 Å². The molecule has 9 heteroatoms. The maximum Gasteiger partial charge on any atom is 0.288 e. The van der Waals surface area contributed by atoms with Gasteiger partial charge in [-0.2, -0.15) is 0 Å². The molecule has 0 spiro atoms. The van der Waals surface area contributed by atoms with Crippen molar-refractivity contribution < 1.29 is 19.2 Å². The normalized spacial score (nSPS) is 14.2. The first-order chi connectivity index (χ1) is 12.3. The van der Waals surface area contributed by atoms with Gasteiger partial charge in [0.1, 0.15) is 5.02 Å². The van der Waals surface area contributed by atoms with E-state index < -0.39 is 4.92 Å². The molecule has 1 aliphatic heterocycles. The third-order valence-corrected chi connectivity index (χ3v) is 4.86. The molecule has 0 atom stereocenters. The van der Waals surface area contributed by atoms with Crippen LogP contribution in [0.5, 0.6) is 11.5 Å². The molecule has 0 aromatic heterocycles. The van der Waals surface area contributed by atoms with Crippen LogP contribution in [0, 0.1) is 10.1 Å². The number of carbonyl (C=O) groups is 1. The van der Waals surface area contributed by atoms with Crippen molar-refractivity contribution in [1.82, 2.24) is 0 Å². The Bertz CT molecular complexity index is 974. The number of rotatable bonds is 4. The van der Waals surface area contributed by atoms with Crippen molar-refractivity contribution in [3.63, 3.8) is 0 Å². The van der Waals surface area contributed by atoms with Crippen molar-refractivity contribution in [2.45, 2.75) is 0 Å². The molecule has 26 heavy (non-hydrogen) atoms. The van der Waals surface area contributed by atoms with Crippen LogP contribution in [0.15, 0.2) is 28.7 Å². The summed E-state index contributed by atoms with van der Waals surface area (Å²) >= 11 is 9.33. The minimum atomic E-state index is -0.588.